The summed E-state index contributed by atoms with van der Waals surface area (Å²) >= 11 is 0. The maximum atomic E-state index is 11.1. The van der Waals surface area contributed by atoms with Crippen LogP contribution < -0.4 is 21.7 Å². The molecule has 0 bridgehead atoms. The Kier molecular flexibility index (Phi) is 11.8. The second-order valence-corrected chi connectivity index (χ2v) is 3.77. The third-order valence-electron chi connectivity index (χ3n) is 2.15. The molecule has 0 aromatic rings. The largest absolute Gasteiger partial charge is 2.00 e. The van der Waals surface area contributed by atoms with Crippen LogP contribution >= 0.6 is 0 Å². The fourth-order valence-corrected chi connectivity index (χ4v) is 1.01. The average molecular weight is 314 g/mol. The van der Waals surface area contributed by atoms with E-state index in [-0.39, 0.29) is 63.4 Å². The van der Waals surface area contributed by atoms with E-state index >= 15 is 0 Å². The molecule has 20 heavy (non-hydrogen) atoms. The van der Waals surface area contributed by atoms with Gasteiger partial charge in [-0.15, -0.1) is 0 Å². The molecule has 0 aromatic carbocycles. The van der Waals surface area contributed by atoms with Gasteiger partial charge >= 0.3 is 49.7 Å². The number of carboxylic acids is 2. The zero-order chi connectivity index (χ0) is 15.0. The van der Waals surface area contributed by atoms with E-state index in [2.05, 4.69) is 4.74 Å². The van der Waals surface area contributed by atoms with Crippen LogP contribution in [0.2, 0.25) is 0 Å². The van der Waals surface area contributed by atoms with E-state index in [1.54, 1.807) is 0 Å². The molecule has 0 saturated heterocycles. The summed E-state index contributed by atoms with van der Waals surface area (Å²) < 4.78 is 4.30. The average Bonchev–Trinajstić information content (AvgIpc) is 2.32. The predicted octanol–water partition coefficient (Wildman–Crippen LogP) is -4.61. The predicted molar refractivity (Wildman–Crippen MR) is 61.3 cm³/mol. The van der Waals surface area contributed by atoms with Gasteiger partial charge in [-0.1, -0.05) is 0 Å². The van der Waals surface area contributed by atoms with Crippen LogP contribution in [-0.4, -0.2) is 73.7 Å². The first-order chi connectivity index (χ1) is 8.73. The van der Waals surface area contributed by atoms with Crippen LogP contribution in [0.5, 0.6) is 0 Å². The van der Waals surface area contributed by atoms with Gasteiger partial charge in [0.1, 0.15) is 0 Å². The molecule has 0 spiro atoms. The molecular formula is C10H14CaN2O7. The second-order valence-electron chi connectivity index (χ2n) is 3.77. The summed E-state index contributed by atoms with van der Waals surface area (Å²) in [6.07, 6.45) is -1.19. The molecule has 10 heteroatoms. The Morgan fingerprint density at radius 3 is 1.40 bits per heavy atom. The normalized spacial score (nSPS) is 12.7. The Morgan fingerprint density at radius 1 is 0.850 bits per heavy atom. The first kappa shape index (κ1) is 21.6. The summed E-state index contributed by atoms with van der Waals surface area (Å²) in [5, 5.41) is 20.5. The van der Waals surface area contributed by atoms with E-state index in [1.165, 1.54) is 0 Å². The number of carbonyl (C=O) groups is 4. The maximum absolute atomic E-state index is 11.1. The number of carbonyl (C=O) groups excluding carboxylic acids is 4. The van der Waals surface area contributed by atoms with Crippen molar-refractivity contribution >= 4 is 61.6 Å². The van der Waals surface area contributed by atoms with Gasteiger partial charge in [0, 0.05) is 24.9 Å². The van der Waals surface area contributed by atoms with Gasteiger partial charge in [-0.25, -0.2) is 0 Å². The molecule has 0 fully saturated rings. The molecule has 0 aliphatic carbocycles. The second kappa shape index (κ2) is 11.0. The van der Waals surface area contributed by atoms with Crippen molar-refractivity contribution in [3.63, 3.8) is 0 Å². The summed E-state index contributed by atoms with van der Waals surface area (Å²) in [5.41, 5.74) is 10.2. The number of nitrogens with two attached hydrogens (primary N) is 2. The first-order valence-corrected chi connectivity index (χ1v) is 5.40. The number of hydrogen-bond acceptors (Lipinski definition) is 9. The van der Waals surface area contributed by atoms with Gasteiger partial charge < -0.3 is 36.0 Å². The van der Waals surface area contributed by atoms with Crippen molar-refractivity contribution in [2.75, 3.05) is 0 Å². The smallest absolute Gasteiger partial charge is 0.548 e. The topological polar surface area (TPSA) is 176 Å². The first-order valence-electron chi connectivity index (χ1n) is 5.40. The van der Waals surface area contributed by atoms with Crippen LogP contribution in [0.1, 0.15) is 25.7 Å². The third kappa shape index (κ3) is 10.1. The van der Waals surface area contributed by atoms with Gasteiger partial charge in [-0.3, -0.25) is 9.59 Å². The Balaban J connectivity index is 0. The van der Waals surface area contributed by atoms with Crippen LogP contribution in [-0.2, 0) is 23.9 Å². The van der Waals surface area contributed by atoms with E-state index in [0.717, 1.165) is 0 Å². The van der Waals surface area contributed by atoms with Crippen molar-refractivity contribution in [1.82, 2.24) is 0 Å². The molecule has 0 rings (SSSR count). The van der Waals surface area contributed by atoms with Crippen molar-refractivity contribution in [2.24, 2.45) is 11.5 Å². The number of ether oxygens (including phenoxy) is 1. The molecule has 0 radical (unpaired) electrons. The minimum absolute atomic E-state index is 0. The third-order valence-corrected chi connectivity index (χ3v) is 2.15. The molecule has 0 aliphatic rings. The van der Waals surface area contributed by atoms with E-state index in [1.807, 2.05) is 0 Å². The van der Waals surface area contributed by atoms with Crippen molar-refractivity contribution in [2.45, 2.75) is 37.8 Å². The zero-order valence-corrected chi connectivity index (χ0v) is 12.9. The summed E-state index contributed by atoms with van der Waals surface area (Å²) in [5.74, 6) is -4.94. The van der Waals surface area contributed by atoms with Crippen LogP contribution in [0.4, 0.5) is 0 Å². The van der Waals surface area contributed by atoms with Gasteiger partial charge in [-0.05, 0) is 12.8 Å². The minimum atomic E-state index is -1.51. The van der Waals surface area contributed by atoms with Gasteiger partial charge in [0.2, 0.25) is 0 Å². The number of rotatable bonds is 8. The molecule has 0 aromatic heterocycles. The Morgan fingerprint density at radius 2 is 1.15 bits per heavy atom. The Labute approximate surface area is 144 Å². The van der Waals surface area contributed by atoms with Crippen LogP contribution in [0.3, 0.4) is 0 Å². The maximum Gasteiger partial charge on any atom is 2.00 e. The van der Waals surface area contributed by atoms with E-state index in [0.29, 0.717) is 0 Å². The van der Waals surface area contributed by atoms with E-state index in [4.69, 9.17) is 11.5 Å². The molecule has 0 aliphatic heterocycles. The van der Waals surface area contributed by atoms with E-state index < -0.39 is 36.0 Å². The fourth-order valence-electron chi connectivity index (χ4n) is 1.01. The Bertz CT molecular complexity index is 341. The van der Waals surface area contributed by atoms with Crippen molar-refractivity contribution in [1.29, 1.82) is 0 Å². The van der Waals surface area contributed by atoms with E-state index in [9.17, 15) is 29.4 Å². The number of esters is 2. The Hall–Kier alpha value is -0.740. The zero-order valence-electron chi connectivity index (χ0n) is 10.7. The SMILES string of the molecule is N[C@@H](CCC(=O)OC(=O)CC[C@H](N)C(=O)[O-])C(=O)[O-].[Ca+2]. The summed E-state index contributed by atoms with van der Waals surface area (Å²) in [4.78, 5) is 42.7. The molecule has 0 amide bonds. The molecule has 4 N–H and O–H groups in total. The number of hydrogen-bond donors (Lipinski definition) is 2. The fraction of sp³-hybridized carbons (Fsp3) is 0.600. The van der Waals surface area contributed by atoms with Crippen molar-refractivity contribution in [3.05, 3.63) is 0 Å². The van der Waals surface area contributed by atoms with Crippen LogP contribution in [0, 0.1) is 0 Å². The molecule has 0 saturated carbocycles. The minimum Gasteiger partial charge on any atom is -0.548 e. The molecule has 2 atom stereocenters. The van der Waals surface area contributed by atoms with Crippen LogP contribution in [0.15, 0.2) is 0 Å². The molecule has 0 heterocycles. The summed E-state index contributed by atoms with van der Waals surface area (Å²) in [6, 6.07) is -2.65. The number of carboxylic acid groups (broad SMARTS) is 2. The van der Waals surface area contributed by atoms with Gasteiger partial charge in [0.05, 0.1) is 11.9 Å². The van der Waals surface area contributed by atoms with Gasteiger partial charge in [-0.2, -0.15) is 0 Å². The van der Waals surface area contributed by atoms with Crippen molar-refractivity contribution < 1.29 is 34.1 Å². The summed E-state index contributed by atoms with van der Waals surface area (Å²) in [7, 11) is 0. The monoisotopic (exact) mass is 314 g/mol. The van der Waals surface area contributed by atoms with Gasteiger partial charge in [0.15, 0.2) is 0 Å². The van der Waals surface area contributed by atoms with Gasteiger partial charge in [0.25, 0.3) is 0 Å². The quantitative estimate of drug-likeness (QED) is 0.253. The van der Waals surface area contributed by atoms with Crippen molar-refractivity contribution in [3.8, 4) is 0 Å². The molecule has 108 valence electrons. The summed E-state index contributed by atoms with van der Waals surface area (Å²) in [6.45, 7) is 0. The molecular weight excluding hydrogens is 300 g/mol. The standard InChI is InChI=1S/C10H16N2O7.Ca/c11-5(9(15)16)1-3-7(13)19-8(14)4-2-6(12)10(17)18;/h5-6H,1-4,11-12H2,(H,15,16)(H,17,18);/q;+2/p-2/t5-,6-;/m0./s1. The van der Waals surface area contributed by atoms with Crippen LogP contribution in [0.25, 0.3) is 0 Å². The number of aliphatic carboxylic acids is 2. The molecule has 0 unspecified atom stereocenters. The molecule has 9 nitrogen and oxygen atoms in total.